The zero-order valence-electron chi connectivity index (χ0n) is 10.8. The van der Waals surface area contributed by atoms with Crippen LogP contribution in [0.5, 0.6) is 0 Å². The van der Waals surface area contributed by atoms with Crippen molar-refractivity contribution in [1.29, 1.82) is 0 Å². The van der Waals surface area contributed by atoms with E-state index in [1.165, 1.54) is 10.6 Å². The first-order valence-corrected chi connectivity index (χ1v) is 6.78. The Morgan fingerprint density at radius 3 is 2.67 bits per heavy atom. The molecular formula is C14H9Cl2N3O2. The summed E-state index contributed by atoms with van der Waals surface area (Å²) < 4.78 is 1.28. The molecule has 0 unspecified atom stereocenters. The Morgan fingerprint density at radius 1 is 1.29 bits per heavy atom. The van der Waals surface area contributed by atoms with Gasteiger partial charge in [0, 0.05) is 6.07 Å². The van der Waals surface area contributed by atoms with Crippen LogP contribution in [0.15, 0.2) is 30.3 Å². The van der Waals surface area contributed by atoms with Crippen LogP contribution in [-0.4, -0.2) is 25.7 Å². The quantitative estimate of drug-likeness (QED) is 0.730. The van der Waals surface area contributed by atoms with Gasteiger partial charge in [0.15, 0.2) is 11.3 Å². The summed E-state index contributed by atoms with van der Waals surface area (Å²) in [5, 5.41) is 13.4. The van der Waals surface area contributed by atoms with Crippen molar-refractivity contribution >= 4 is 34.8 Å². The van der Waals surface area contributed by atoms with Gasteiger partial charge >= 0.3 is 5.97 Å². The van der Waals surface area contributed by atoms with Crippen LogP contribution in [-0.2, 0) is 0 Å². The first-order chi connectivity index (χ1) is 9.99. The zero-order chi connectivity index (χ0) is 15.1. The second-order valence-electron chi connectivity index (χ2n) is 4.49. The number of rotatable bonds is 2. The molecule has 2 heterocycles. The highest BCUT2D eigenvalue weighted by molar-refractivity contribution is 6.38. The van der Waals surface area contributed by atoms with Crippen LogP contribution < -0.4 is 0 Å². The van der Waals surface area contributed by atoms with Crippen molar-refractivity contribution in [2.24, 2.45) is 0 Å². The maximum atomic E-state index is 11.0. The predicted octanol–water partition coefficient (Wildman–Crippen LogP) is 3.71. The van der Waals surface area contributed by atoms with E-state index in [4.69, 9.17) is 28.3 Å². The number of carboxylic acid groups (broad SMARTS) is 1. The highest BCUT2D eigenvalue weighted by atomic mass is 35.5. The summed E-state index contributed by atoms with van der Waals surface area (Å²) in [7, 11) is 0. The van der Waals surface area contributed by atoms with E-state index in [-0.39, 0.29) is 16.0 Å². The monoisotopic (exact) mass is 321 g/mol. The maximum Gasteiger partial charge on any atom is 0.356 e. The summed E-state index contributed by atoms with van der Waals surface area (Å²) in [5.41, 5.74) is 2.49. The topological polar surface area (TPSA) is 67.5 Å². The molecule has 0 aliphatic rings. The average molecular weight is 322 g/mol. The lowest BCUT2D eigenvalue weighted by molar-refractivity contribution is 0.0690. The molecule has 2 aromatic heterocycles. The van der Waals surface area contributed by atoms with Crippen molar-refractivity contribution in [2.45, 2.75) is 6.92 Å². The molecule has 106 valence electrons. The fourth-order valence-electron chi connectivity index (χ4n) is 2.12. The molecule has 0 amide bonds. The molecule has 5 nitrogen and oxygen atoms in total. The second-order valence-corrected chi connectivity index (χ2v) is 5.20. The first-order valence-electron chi connectivity index (χ1n) is 6.03. The summed E-state index contributed by atoms with van der Waals surface area (Å²) in [6.07, 6.45) is 0. The van der Waals surface area contributed by atoms with Crippen LogP contribution in [0, 0.1) is 6.92 Å². The van der Waals surface area contributed by atoms with Crippen LogP contribution in [0.25, 0.3) is 16.8 Å². The minimum absolute atomic E-state index is 0.137. The number of carboxylic acids is 1. The Balaban J connectivity index is 2.34. The van der Waals surface area contributed by atoms with Crippen molar-refractivity contribution in [1.82, 2.24) is 14.6 Å². The van der Waals surface area contributed by atoms with Gasteiger partial charge in [0.05, 0.1) is 5.56 Å². The van der Waals surface area contributed by atoms with Crippen LogP contribution in [0.3, 0.4) is 0 Å². The molecule has 1 N–H and O–H groups in total. The number of nitrogens with zero attached hydrogens (tertiary/aromatic N) is 3. The van der Waals surface area contributed by atoms with E-state index >= 15 is 0 Å². The lowest BCUT2D eigenvalue weighted by atomic mass is 10.0. The highest BCUT2D eigenvalue weighted by Crippen LogP contribution is 2.35. The largest absolute Gasteiger partial charge is 0.476 e. The first kappa shape index (κ1) is 13.9. The third-order valence-electron chi connectivity index (χ3n) is 3.14. The van der Waals surface area contributed by atoms with Gasteiger partial charge in [0.25, 0.3) is 0 Å². The fourth-order valence-corrected chi connectivity index (χ4v) is 2.76. The molecular weight excluding hydrogens is 313 g/mol. The molecule has 3 rings (SSSR count). The van der Waals surface area contributed by atoms with E-state index in [1.54, 1.807) is 0 Å². The smallest absolute Gasteiger partial charge is 0.356 e. The van der Waals surface area contributed by atoms with Gasteiger partial charge < -0.3 is 5.11 Å². The number of aromatic carboxylic acids is 1. The molecule has 0 aliphatic carbocycles. The maximum absolute atomic E-state index is 11.0. The van der Waals surface area contributed by atoms with E-state index in [9.17, 15) is 4.79 Å². The highest BCUT2D eigenvalue weighted by Gasteiger charge is 2.19. The molecule has 0 aliphatic heterocycles. The molecule has 0 bridgehead atoms. The summed E-state index contributed by atoms with van der Waals surface area (Å²) in [5.74, 6) is -1.15. The van der Waals surface area contributed by atoms with E-state index in [0.717, 1.165) is 11.1 Å². The number of aryl methyl sites for hydroxylation is 1. The average Bonchev–Trinajstić information content (AvgIpc) is 2.85. The van der Waals surface area contributed by atoms with Crippen molar-refractivity contribution < 1.29 is 9.90 Å². The molecule has 3 aromatic rings. The van der Waals surface area contributed by atoms with Gasteiger partial charge in [-0.15, -0.1) is 0 Å². The number of halogens is 2. The summed E-state index contributed by atoms with van der Waals surface area (Å²) in [6, 6.07) is 8.89. The van der Waals surface area contributed by atoms with Gasteiger partial charge in [-0.25, -0.2) is 14.3 Å². The van der Waals surface area contributed by atoms with Crippen LogP contribution >= 0.6 is 23.2 Å². The second kappa shape index (κ2) is 5.02. The van der Waals surface area contributed by atoms with Gasteiger partial charge in [-0.2, -0.15) is 5.10 Å². The minimum atomic E-state index is -1.15. The van der Waals surface area contributed by atoms with Gasteiger partial charge in [0.1, 0.15) is 10.3 Å². The number of hydrogen-bond acceptors (Lipinski definition) is 3. The number of fused-ring (bicyclic) bond motifs is 1. The Labute approximate surface area is 129 Å². The molecule has 0 spiro atoms. The van der Waals surface area contributed by atoms with Crippen molar-refractivity contribution in [2.75, 3.05) is 0 Å². The molecule has 1 aromatic carbocycles. The third-order valence-corrected chi connectivity index (χ3v) is 3.76. The third kappa shape index (κ3) is 2.24. The molecule has 0 saturated heterocycles. The van der Waals surface area contributed by atoms with Crippen molar-refractivity contribution in [3.63, 3.8) is 0 Å². The molecule has 0 radical (unpaired) electrons. The van der Waals surface area contributed by atoms with Crippen molar-refractivity contribution in [3.8, 4) is 11.1 Å². The standard InChI is InChI=1S/C14H9Cl2N3O2/c1-7-4-2-3-5-8(7)11-12(15)17-10-6-9(14(20)21)18-19(10)13(11)16/h2-6H,1H3,(H,20,21). The van der Waals surface area contributed by atoms with Crippen LogP contribution in [0.4, 0.5) is 0 Å². The minimum Gasteiger partial charge on any atom is -0.476 e. The number of aromatic nitrogens is 3. The molecule has 0 fully saturated rings. The Bertz CT molecular complexity index is 874. The van der Waals surface area contributed by atoms with Crippen molar-refractivity contribution in [3.05, 3.63) is 51.9 Å². The van der Waals surface area contributed by atoms with Gasteiger partial charge in [0.2, 0.25) is 0 Å². The Morgan fingerprint density at radius 2 is 2.00 bits per heavy atom. The molecule has 21 heavy (non-hydrogen) atoms. The van der Waals surface area contributed by atoms with Gasteiger partial charge in [-0.1, -0.05) is 47.5 Å². The van der Waals surface area contributed by atoms with E-state index in [1.807, 2.05) is 31.2 Å². The normalized spacial score (nSPS) is 11.0. The van der Waals surface area contributed by atoms with Crippen LogP contribution in [0.1, 0.15) is 16.1 Å². The number of hydrogen-bond donors (Lipinski definition) is 1. The molecule has 0 saturated carbocycles. The fraction of sp³-hybridized carbons (Fsp3) is 0.0714. The van der Waals surface area contributed by atoms with Gasteiger partial charge in [-0.3, -0.25) is 0 Å². The summed E-state index contributed by atoms with van der Waals surface area (Å²) in [4.78, 5) is 15.2. The summed E-state index contributed by atoms with van der Waals surface area (Å²) in [6.45, 7) is 1.93. The Kier molecular flexibility index (Phi) is 3.31. The van der Waals surface area contributed by atoms with E-state index in [0.29, 0.717) is 11.2 Å². The zero-order valence-corrected chi connectivity index (χ0v) is 12.4. The lowest BCUT2D eigenvalue weighted by Gasteiger charge is -2.10. The summed E-state index contributed by atoms with van der Waals surface area (Å²) >= 11 is 12.6. The molecule has 7 heteroatoms. The predicted molar refractivity (Wildman–Crippen MR) is 80.1 cm³/mol. The van der Waals surface area contributed by atoms with Crippen LogP contribution in [0.2, 0.25) is 10.3 Å². The van der Waals surface area contributed by atoms with E-state index < -0.39 is 5.97 Å². The van der Waals surface area contributed by atoms with E-state index in [2.05, 4.69) is 10.1 Å². The number of carbonyl (C=O) groups is 1. The number of benzene rings is 1. The van der Waals surface area contributed by atoms with Gasteiger partial charge in [-0.05, 0) is 18.1 Å². The lowest BCUT2D eigenvalue weighted by Crippen LogP contribution is -2.00. The molecule has 0 atom stereocenters. The Hall–Kier alpha value is -2.11. The SMILES string of the molecule is Cc1ccccc1-c1c(Cl)nc2cc(C(=O)O)nn2c1Cl.